The number of methoxy groups -OCH3 is 1. The lowest BCUT2D eigenvalue weighted by atomic mass is 10.2. The molecule has 0 aliphatic carbocycles. The van der Waals surface area contributed by atoms with Crippen LogP contribution in [0, 0.1) is 10.1 Å². The zero-order valence-corrected chi connectivity index (χ0v) is 10.8. The molecule has 0 amide bonds. The largest absolute Gasteiger partial charge is 0.504 e. The summed E-state index contributed by atoms with van der Waals surface area (Å²) in [6.07, 6.45) is 2.92. The molecule has 0 fully saturated rings. The third-order valence-electron chi connectivity index (χ3n) is 2.77. The Balaban J connectivity index is 2.15. The predicted molar refractivity (Wildman–Crippen MR) is 71.6 cm³/mol. The Morgan fingerprint density at radius 3 is 2.95 bits per heavy atom. The highest BCUT2D eigenvalue weighted by atomic mass is 16.6. The molecule has 0 spiro atoms. The van der Waals surface area contributed by atoms with Crippen molar-refractivity contribution in [1.29, 1.82) is 0 Å². The predicted octanol–water partition coefficient (Wildman–Crippen LogP) is 1.74. The summed E-state index contributed by atoms with van der Waals surface area (Å²) >= 11 is 0. The monoisotopic (exact) mass is 276 g/mol. The third kappa shape index (κ3) is 2.94. The fraction of sp³-hybridized carbons (Fsp3) is 0.154. The van der Waals surface area contributed by atoms with E-state index < -0.39 is 4.92 Å². The number of aromatic hydroxyl groups is 1. The van der Waals surface area contributed by atoms with E-state index in [-0.39, 0.29) is 11.4 Å². The third-order valence-corrected chi connectivity index (χ3v) is 2.77. The molecule has 20 heavy (non-hydrogen) atoms. The van der Waals surface area contributed by atoms with Gasteiger partial charge in [-0.15, -0.1) is 0 Å². The molecule has 0 bridgehead atoms. The molecular formula is C13H14N3O4+. The number of rotatable bonds is 5. The summed E-state index contributed by atoms with van der Waals surface area (Å²) in [7, 11) is 1.46. The second kappa shape index (κ2) is 5.87. The first-order valence-electron chi connectivity index (χ1n) is 5.86. The lowest BCUT2D eigenvalue weighted by molar-refractivity contribution is -0.419. The Kier molecular flexibility index (Phi) is 3.99. The van der Waals surface area contributed by atoms with Crippen molar-refractivity contribution in [1.82, 2.24) is 0 Å². The van der Waals surface area contributed by atoms with Crippen LogP contribution in [-0.4, -0.2) is 17.1 Å². The van der Waals surface area contributed by atoms with Crippen molar-refractivity contribution in [3.8, 4) is 11.5 Å². The van der Waals surface area contributed by atoms with E-state index in [0.29, 0.717) is 18.0 Å². The van der Waals surface area contributed by atoms with E-state index >= 15 is 0 Å². The Bertz CT molecular complexity index is 631. The number of H-pyrrole nitrogens is 1. The molecule has 0 aliphatic rings. The lowest BCUT2D eigenvalue weighted by Gasteiger charge is -2.08. The van der Waals surface area contributed by atoms with E-state index in [1.54, 1.807) is 24.4 Å². The van der Waals surface area contributed by atoms with Crippen LogP contribution in [0.4, 0.5) is 11.4 Å². The average molecular weight is 276 g/mol. The van der Waals surface area contributed by atoms with Crippen LogP contribution in [0.3, 0.4) is 0 Å². The van der Waals surface area contributed by atoms with Crippen molar-refractivity contribution in [2.45, 2.75) is 6.54 Å². The summed E-state index contributed by atoms with van der Waals surface area (Å²) in [6, 6.07) is 6.49. The molecule has 7 heteroatoms. The zero-order chi connectivity index (χ0) is 14.5. The number of pyridine rings is 1. The molecule has 2 rings (SSSR count). The summed E-state index contributed by atoms with van der Waals surface area (Å²) in [5.41, 5.74) is 1.22. The lowest BCUT2D eigenvalue weighted by Crippen LogP contribution is -2.07. The quantitative estimate of drug-likeness (QED) is 0.640. The highest BCUT2D eigenvalue weighted by Gasteiger charge is 2.16. The van der Waals surface area contributed by atoms with Crippen LogP contribution >= 0.6 is 0 Å². The first-order valence-corrected chi connectivity index (χ1v) is 5.86. The minimum atomic E-state index is -0.462. The smallest absolute Gasteiger partial charge is 0.355 e. The fourth-order valence-corrected chi connectivity index (χ4v) is 1.75. The number of phenols is 1. The number of anilines is 1. The molecule has 1 heterocycles. The Morgan fingerprint density at radius 2 is 2.25 bits per heavy atom. The Labute approximate surface area is 115 Å². The van der Waals surface area contributed by atoms with Crippen molar-refractivity contribution in [2.75, 3.05) is 12.4 Å². The first kappa shape index (κ1) is 13.6. The second-order valence-corrected chi connectivity index (χ2v) is 4.06. The van der Waals surface area contributed by atoms with Crippen LogP contribution in [0.2, 0.25) is 0 Å². The van der Waals surface area contributed by atoms with Gasteiger partial charge in [-0.2, -0.15) is 0 Å². The molecule has 2 aromatic rings. The summed E-state index contributed by atoms with van der Waals surface area (Å²) in [5, 5.41) is 23.4. The van der Waals surface area contributed by atoms with Crippen molar-refractivity contribution in [3.05, 3.63) is 52.3 Å². The van der Waals surface area contributed by atoms with Gasteiger partial charge >= 0.3 is 5.69 Å². The number of nitrogens with one attached hydrogen (secondary N) is 2. The number of ether oxygens (including phenoxy) is 1. The number of aromatic nitrogens is 1. The van der Waals surface area contributed by atoms with Gasteiger partial charge in [-0.25, -0.2) is 4.98 Å². The molecule has 0 atom stereocenters. The maximum Gasteiger partial charge on any atom is 0.355 e. The van der Waals surface area contributed by atoms with E-state index in [2.05, 4.69) is 10.3 Å². The summed E-state index contributed by atoms with van der Waals surface area (Å²) < 4.78 is 5.01. The molecule has 0 saturated heterocycles. The van der Waals surface area contributed by atoms with Gasteiger partial charge in [-0.05, 0) is 17.7 Å². The van der Waals surface area contributed by atoms with Gasteiger partial charge < -0.3 is 15.2 Å². The van der Waals surface area contributed by atoms with Crippen LogP contribution in [0.1, 0.15) is 5.56 Å². The maximum absolute atomic E-state index is 10.9. The van der Waals surface area contributed by atoms with Crippen LogP contribution < -0.4 is 15.0 Å². The zero-order valence-electron chi connectivity index (χ0n) is 10.8. The van der Waals surface area contributed by atoms with Gasteiger partial charge in [0, 0.05) is 12.6 Å². The van der Waals surface area contributed by atoms with Crippen molar-refractivity contribution < 1.29 is 19.8 Å². The van der Waals surface area contributed by atoms with Gasteiger partial charge in [0.1, 0.15) is 5.69 Å². The summed E-state index contributed by atoms with van der Waals surface area (Å²) in [5.74, 6) is 0.414. The topological polar surface area (TPSA) is 98.8 Å². The van der Waals surface area contributed by atoms with E-state index in [1.165, 1.54) is 19.4 Å². The SMILES string of the molecule is COc1cc(CNc2cc[nH+]cc2[N+](=O)[O-])ccc1O. The fourth-order valence-electron chi connectivity index (χ4n) is 1.75. The van der Waals surface area contributed by atoms with Gasteiger partial charge in [-0.1, -0.05) is 6.07 Å². The summed E-state index contributed by atoms with van der Waals surface area (Å²) in [6.45, 7) is 0.376. The van der Waals surface area contributed by atoms with Gasteiger partial charge in [-0.3, -0.25) is 10.1 Å². The number of aromatic amines is 1. The van der Waals surface area contributed by atoms with Crippen LogP contribution in [0.5, 0.6) is 11.5 Å². The highest BCUT2D eigenvalue weighted by molar-refractivity contribution is 5.58. The highest BCUT2D eigenvalue weighted by Crippen LogP contribution is 2.27. The van der Waals surface area contributed by atoms with Crippen LogP contribution in [0.25, 0.3) is 0 Å². The van der Waals surface area contributed by atoms with Gasteiger partial charge in [0.25, 0.3) is 0 Å². The molecule has 0 saturated carbocycles. The molecule has 0 unspecified atom stereocenters. The minimum Gasteiger partial charge on any atom is -0.504 e. The molecule has 0 aliphatic heterocycles. The maximum atomic E-state index is 10.9. The first-order chi connectivity index (χ1) is 9.61. The van der Waals surface area contributed by atoms with Gasteiger partial charge in [0.15, 0.2) is 17.7 Å². The Hall–Kier alpha value is -2.83. The molecule has 1 aromatic heterocycles. The van der Waals surface area contributed by atoms with Gasteiger partial charge in [0.05, 0.1) is 12.0 Å². The standard InChI is InChI=1S/C13H13N3O4/c1-20-13-6-9(2-3-12(13)17)7-15-10-4-5-14-8-11(10)16(18)19/h2-6,8,17H,7H2,1H3,(H,14,15)/p+1. The number of benzene rings is 1. The average Bonchev–Trinajstić information content (AvgIpc) is 2.46. The van der Waals surface area contributed by atoms with E-state index in [1.807, 2.05) is 0 Å². The number of nitro groups is 1. The van der Waals surface area contributed by atoms with Crippen molar-refractivity contribution >= 4 is 11.4 Å². The van der Waals surface area contributed by atoms with Crippen LogP contribution in [0.15, 0.2) is 36.7 Å². The van der Waals surface area contributed by atoms with Crippen molar-refractivity contribution in [2.24, 2.45) is 0 Å². The Morgan fingerprint density at radius 1 is 1.45 bits per heavy atom. The number of phenolic OH excluding ortho intramolecular Hbond substituents is 1. The summed E-state index contributed by atoms with van der Waals surface area (Å²) in [4.78, 5) is 13.1. The van der Waals surface area contributed by atoms with E-state index in [0.717, 1.165) is 5.56 Å². The molecule has 1 aromatic carbocycles. The number of hydrogen-bond donors (Lipinski definition) is 2. The number of hydrogen-bond acceptors (Lipinski definition) is 5. The normalized spacial score (nSPS) is 10.1. The molecule has 104 valence electrons. The van der Waals surface area contributed by atoms with E-state index in [9.17, 15) is 15.2 Å². The molecule has 0 radical (unpaired) electrons. The number of nitrogens with zero attached hydrogens (tertiary/aromatic N) is 1. The molecular weight excluding hydrogens is 262 g/mol. The molecule has 7 nitrogen and oxygen atoms in total. The van der Waals surface area contributed by atoms with Gasteiger partial charge in [0.2, 0.25) is 6.20 Å². The van der Waals surface area contributed by atoms with Crippen molar-refractivity contribution in [3.63, 3.8) is 0 Å². The minimum absolute atomic E-state index is 0.0294. The van der Waals surface area contributed by atoms with E-state index in [4.69, 9.17) is 4.74 Å². The molecule has 3 N–H and O–H groups in total. The van der Waals surface area contributed by atoms with Crippen LogP contribution in [-0.2, 0) is 6.54 Å². The second-order valence-electron chi connectivity index (χ2n) is 4.06.